The summed E-state index contributed by atoms with van der Waals surface area (Å²) in [7, 11) is 0. The summed E-state index contributed by atoms with van der Waals surface area (Å²) in [5.74, 6) is -0.431. The molecule has 0 saturated heterocycles. The molecule has 1 unspecified atom stereocenters. The van der Waals surface area contributed by atoms with E-state index in [9.17, 15) is 9.18 Å². The maximum absolute atomic E-state index is 13.0. The second kappa shape index (κ2) is 6.20. The van der Waals surface area contributed by atoms with E-state index >= 15 is 0 Å². The Morgan fingerprint density at radius 3 is 2.88 bits per heavy atom. The minimum Gasteiger partial charge on any atom is -0.491 e. The van der Waals surface area contributed by atoms with Gasteiger partial charge in [0, 0.05) is 6.07 Å². The molecule has 1 aromatic carbocycles. The number of likely N-dealkylation sites (N-methyl/N-ethyl adjacent to an activating group) is 1. The third-order valence-electron chi connectivity index (χ3n) is 2.35. The van der Waals surface area contributed by atoms with Crippen molar-refractivity contribution in [2.24, 2.45) is 5.73 Å². The Bertz CT molecular complexity index is 396. The number of hydrogen-bond acceptors (Lipinski definition) is 3. The van der Waals surface area contributed by atoms with Gasteiger partial charge in [0.2, 0.25) is 5.91 Å². The molecule has 0 aliphatic carbocycles. The van der Waals surface area contributed by atoms with Crippen molar-refractivity contribution in [3.05, 3.63) is 29.6 Å². The van der Waals surface area contributed by atoms with Gasteiger partial charge < -0.3 is 15.8 Å². The lowest BCUT2D eigenvalue weighted by Gasteiger charge is -2.16. The Hall–Kier alpha value is -1.62. The highest BCUT2D eigenvalue weighted by Gasteiger charge is 2.15. The highest BCUT2D eigenvalue weighted by Crippen LogP contribution is 2.18. The Morgan fingerprint density at radius 2 is 2.29 bits per heavy atom. The van der Waals surface area contributed by atoms with Crippen LogP contribution in [-0.2, 0) is 4.79 Å². The third-order valence-corrected chi connectivity index (χ3v) is 2.35. The highest BCUT2D eigenvalue weighted by molar-refractivity contribution is 5.80. The largest absolute Gasteiger partial charge is 0.491 e. The molecule has 1 amide bonds. The van der Waals surface area contributed by atoms with Gasteiger partial charge in [0.25, 0.3) is 0 Å². The minimum atomic E-state index is -0.567. The van der Waals surface area contributed by atoms with E-state index in [4.69, 9.17) is 10.5 Å². The van der Waals surface area contributed by atoms with Crippen LogP contribution in [0.4, 0.5) is 4.39 Å². The van der Waals surface area contributed by atoms with Crippen molar-refractivity contribution >= 4 is 5.91 Å². The van der Waals surface area contributed by atoms with Crippen LogP contribution in [0, 0.1) is 12.7 Å². The number of aryl methyl sites for hydroxylation is 1. The summed E-state index contributed by atoms with van der Waals surface area (Å²) in [5.41, 5.74) is 6.01. The number of primary amides is 1. The lowest BCUT2D eigenvalue weighted by atomic mass is 10.2. The lowest BCUT2D eigenvalue weighted by Crippen LogP contribution is -2.45. The summed E-state index contributed by atoms with van der Waals surface area (Å²) >= 11 is 0. The zero-order chi connectivity index (χ0) is 12.8. The topological polar surface area (TPSA) is 64.3 Å². The zero-order valence-corrected chi connectivity index (χ0v) is 10.00. The van der Waals surface area contributed by atoms with Gasteiger partial charge in [-0.3, -0.25) is 4.79 Å². The Balaban J connectivity index is 2.64. The molecule has 3 N–H and O–H groups in total. The van der Waals surface area contributed by atoms with E-state index in [1.165, 1.54) is 12.1 Å². The standard InChI is InChI=1S/C12H17FN2O2/c1-3-15-10(12(14)16)7-17-11-6-9(13)5-4-8(11)2/h4-6,10,15H,3,7H2,1-2H3,(H2,14,16). The number of amides is 1. The predicted octanol–water partition coefficient (Wildman–Crippen LogP) is 0.976. The predicted molar refractivity (Wildman–Crippen MR) is 63.3 cm³/mol. The average molecular weight is 240 g/mol. The lowest BCUT2D eigenvalue weighted by molar-refractivity contribution is -0.120. The molecule has 0 bridgehead atoms. The van der Waals surface area contributed by atoms with Gasteiger partial charge in [-0.05, 0) is 25.1 Å². The van der Waals surface area contributed by atoms with Crippen LogP contribution in [-0.4, -0.2) is 25.1 Å². The van der Waals surface area contributed by atoms with Crippen LogP contribution < -0.4 is 15.8 Å². The molecule has 94 valence electrons. The van der Waals surface area contributed by atoms with Crippen molar-refractivity contribution in [3.63, 3.8) is 0 Å². The molecule has 0 aliphatic heterocycles. The molecule has 5 heteroatoms. The Morgan fingerprint density at radius 1 is 1.59 bits per heavy atom. The zero-order valence-electron chi connectivity index (χ0n) is 10.00. The molecule has 4 nitrogen and oxygen atoms in total. The molecule has 0 spiro atoms. The molecule has 1 aromatic rings. The normalized spacial score (nSPS) is 12.2. The van der Waals surface area contributed by atoms with E-state index in [0.717, 1.165) is 5.56 Å². The van der Waals surface area contributed by atoms with Gasteiger partial charge in [0.15, 0.2) is 0 Å². The fraction of sp³-hybridized carbons (Fsp3) is 0.417. The fourth-order valence-electron chi connectivity index (χ4n) is 1.39. The molecular formula is C12H17FN2O2. The fourth-order valence-corrected chi connectivity index (χ4v) is 1.39. The van der Waals surface area contributed by atoms with E-state index in [1.54, 1.807) is 13.0 Å². The number of rotatable bonds is 6. The summed E-state index contributed by atoms with van der Waals surface area (Å²) in [5, 5.41) is 2.89. The van der Waals surface area contributed by atoms with Crippen molar-refractivity contribution in [1.82, 2.24) is 5.32 Å². The van der Waals surface area contributed by atoms with E-state index in [2.05, 4.69) is 5.32 Å². The molecule has 17 heavy (non-hydrogen) atoms. The van der Waals surface area contributed by atoms with Crippen LogP contribution in [0.3, 0.4) is 0 Å². The second-order valence-corrected chi connectivity index (χ2v) is 3.73. The Kier molecular flexibility index (Phi) is 4.90. The van der Waals surface area contributed by atoms with Crippen molar-refractivity contribution in [1.29, 1.82) is 0 Å². The monoisotopic (exact) mass is 240 g/mol. The molecule has 0 aromatic heterocycles. The quantitative estimate of drug-likeness (QED) is 0.779. The summed E-state index contributed by atoms with van der Waals surface area (Å²) in [6.45, 7) is 4.37. The molecule has 0 fully saturated rings. The van der Waals surface area contributed by atoms with Gasteiger partial charge in [-0.25, -0.2) is 4.39 Å². The van der Waals surface area contributed by atoms with E-state index in [-0.39, 0.29) is 12.4 Å². The highest BCUT2D eigenvalue weighted by atomic mass is 19.1. The maximum atomic E-state index is 13.0. The molecule has 1 rings (SSSR count). The number of carbonyl (C=O) groups is 1. The molecular weight excluding hydrogens is 223 g/mol. The number of benzene rings is 1. The van der Waals surface area contributed by atoms with Crippen LogP contribution >= 0.6 is 0 Å². The number of hydrogen-bond donors (Lipinski definition) is 2. The summed E-state index contributed by atoms with van der Waals surface area (Å²) in [6, 6.07) is 3.71. The van der Waals surface area contributed by atoms with Crippen molar-refractivity contribution in [3.8, 4) is 5.75 Å². The van der Waals surface area contributed by atoms with Crippen LogP contribution in [0.5, 0.6) is 5.75 Å². The number of nitrogens with one attached hydrogen (secondary N) is 1. The van der Waals surface area contributed by atoms with Gasteiger partial charge in [-0.15, -0.1) is 0 Å². The summed E-state index contributed by atoms with van der Waals surface area (Å²) < 4.78 is 18.4. The van der Waals surface area contributed by atoms with Crippen LogP contribution in [0.15, 0.2) is 18.2 Å². The summed E-state index contributed by atoms with van der Waals surface area (Å²) in [6.07, 6.45) is 0. The molecule has 0 heterocycles. The third kappa shape index (κ3) is 4.03. The smallest absolute Gasteiger partial charge is 0.238 e. The Labute approximate surface area is 100.0 Å². The van der Waals surface area contributed by atoms with Gasteiger partial charge in [-0.1, -0.05) is 13.0 Å². The first kappa shape index (κ1) is 13.4. The minimum absolute atomic E-state index is 0.0907. The first-order valence-electron chi connectivity index (χ1n) is 5.46. The number of nitrogens with two attached hydrogens (primary N) is 1. The first-order chi connectivity index (χ1) is 8.04. The van der Waals surface area contributed by atoms with E-state index < -0.39 is 11.9 Å². The van der Waals surface area contributed by atoms with Crippen molar-refractivity contribution in [2.75, 3.05) is 13.2 Å². The van der Waals surface area contributed by atoms with Crippen LogP contribution in [0.1, 0.15) is 12.5 Å². The second-order valence-electron chi connectivity index (χ2n) is 3.73. The summed E-state index contributed by atoms with van der Waals surface area (Å²) in [4.78, 5) is 11.1. The molecule has 0 radical (unpaired) electrons. The average Bonchev–Trinajstić information content (AvgIpc) is 2.28. The SMILES string of the molecule is CCNC(COc1cc(F)ccc1C)C(N)=O. The van der Waals surface area contributed by atoms with E-state index in [1.807, 2.05) is 6.92 Å². The first-order valence-corrected chi connectivity index (χ1v) is 5.46. The number of halogens is 1. The number of carbonyl (C=O) groups excluding carboxylic acids is 1. The van der Waals surface area contributed by atoms with Gasteiger partial charge in [0.1, 0.15) is 24.2 Å². The molecule has 0 aliphatic rings. The van der Waals surface area contributed by atoms with Gasteiger partial charge >= 0.3 is 0 Å². The van der Waals surface area contributed by atoms with Crippen molar-refractivity contribution < 1.29 is 13.9 Å². The van der Waals surface area contributed by atoms with Gasteiger partial charge in [-0.2, -0.15) is 0 Å². The molecule has 1 atom stereocenters. The van der Waals surface area contributed by atoms with Crippen LogP contribution in [0.2, 0.25) is 0 Å². The van der Waals surface area contributed by atoms with Crippen LogP contribution in [0.25, 0.3) is 0 Å². The van der Waals surface area contributed by atoms with Gasteiger partial charge in [0.05, 0.1) is 0 Å². The van der Waals surface area contributed by atoms with E-state index in [0.29, 0.717) is 12.3 Å². The number of ether oxygens (including phenoxy) is 1. The van der Waals surface area contributed by atoms with Crippen molar-refractivity contribution in [2.45, 2.75) is 19.9 Å². The maximum Gasteiger partial charge on any atom is 0.238 e. The molecule has 0 saturated carbocycles.